The molecule has 0 aromatic heterocycles. The Kier molecular flexibility index (Phi) is 5.94. The maximum Gasteiger partial charge on any atom is 0.335 e. The van der Waals surface area contributed by atoms with Crippen molar-refractivity contribution in [1.82, 2.24) is 10.3 Å². The smallest absolute Gasteiger partial charge is 0.335 e. The van der Waals surface area contributed by atoms with Crippen molar-refractivity contribution in [2.75, 3.05) is 0 Å². The molecule has 0 saturated carbocycles. The highest BCUT2D eigenvalue weighted by Crippen LogP contribution is 2.29. The summed E-state index contributed by atoms with van der Waals surface area (Å²) in [5, 5.41) is 10.2. The average Bonchev–Trinajstić information content (AvgIpc) is 2.83. The zero-order chi connectivity index (χ0) is 22.7. The lowest BCUT2D eigenvalue weighted by Crippen LogP contribution is -2.42. The van der Waals surface area contributed by atoms with Crippen molar-refractivity contribution in [3.8, 4) is 0 Å². The molecule has 0 radical (unpaired) electrons. The molecule has 4 aromatic carbocycles. The third-order valence-corrected chi connectivity index (χ3v) is 5.77. The highest BCUT2D eigenvalue weighted by atomic mass is 16.3. The summed E-state index contributed by atoms with van der Waals surface area (Å²) >= 11 is 0. The molecule has 0 spiro atoms. The van der Waals surface area contributed by atoms with Gasteiger partial charge in [0.15, 0.2) is 0 Å². The van der Waals surface area contributed by atoms with Crippen molar-refractivity contribution in [2.45, 2.75) is 25.9 Å². The first-order valence-corrected chi connectivity index (χ1v) is 10.4. The molecule has 6 nitrogen and oxygen atoms in total. The first-order valence-electron chi connectivity index (χ1n) is 10.4. The van der Waals surface area contributed by atoms with Crippen LogP contribution >= 0.6 is 0 Å². The summed E-state index contributed by atoms with van der Waals surface area (Å²) in [7, 11) is 0. The summed E-state index contributed by atoms with van der Waals surface area (Å²) in [6, 6.07) is 25.8. The molecule has 0 fully saturated rings. The topological polar surface area (TPSA) is 78.8 Å². The van der Waals surface area contributed by atoms with Gasteiger partial charge in [-0.3, -0.25) is 9.59 Å². The molecule has 0 aliphatic rings. The number of fused-ring (bicyclic) bond motifs is 2. The van der Waals surface area contributed by atoms with Crippen LogP contribution in [0.15, 0.2) is 90.2 Å². The number of nitrogens with one attached hydrogen (secondary N) is 1. The molecule has 0 heterocycles. The molecular formula is C26H23N3O3. The Morgan fingerprint density at radius 2 is 1.25 bits per heavy atom. The van der Waals surface area contributed by atoms with Crippen molar-refractivity contribution in [3.63, 3.8) is 0 Å². The maximum atomic E-state index is 12.9. The second kappa shape index (κ2) is 8.98. The van der Waals surface area contributed by atoms with Crippen LogP contribution in [-0.2, 0) is 9.59 Å². The van der Waals surface area contributed by atoms with Crippen LogP contribution in [-0.4, -0.2) is 16.8 Å². The monoisotopic (exact) mass is 425 g/mol. The Labute approximate surface area is 185 Å². The molecule has 1 N–H and O–H groups in total. The quantitative estimate of drug-likeness (QED) is 0.263. The number of carbonyl (C=O) groups excluding carboxylic acids is 2. The Bertz CT molecular complexity index is 1310. The zero-order valence-corrected chi connectivity index (χ0v) is 17.9. The predicted octanol–water partition coefficient (Wildman–Crippen LogP) is 5.44. The molecule has 0 bridgehead atoms. The SMILES string of the molecule is CC(NC(=O)C(=O)N(N=O)C(C)c1cccc2ccccc12)c1cccc2ccccc12. The molecule has 2 unspecified atom stereocenters. The second-order valence-corrected chi connectivity index (χ2v) is 7.74. The summed E-state index contributed by atoms with van der Waals surface area (Å²) in [6.45, 7) is 3.49. The van der Waals surface area contributed by atoms with Gasteiger partial charge in [-0.15, -0.1) is 4.91 Å². The van der Waals surface area contributed by atoms with Gasteiger partial charge in [0, 0.05) is 0 Å². The third-order valence-electron chi connectivity index (χ3n) is 5.77. The Morgan fingerprint density at radius 1 is 0.750 bits per heavy atom. The summed E-state index contributed by atoms with van der Waals surface area (Å²) in [4.78, 5) is 37.2. The molecule has 0 saturated heterocycles. The van der Waals surface area contributed by atoms with E-state index >= 15 is 0 Å². The van der Waals surface area contributed by atoms with E-state index in [1.807, 2.05) is 84.9 Å². The van der Waals surface area contributed by atoms with Crippen molar-refractivity contribution < 1.29 is 9.59 Å². The van der Waals surface area contributed by atoms with Crippen LogP contribution in [0.2, 0.25) is 0 Å². The number of amides is 2. The number of benzene rings is 4. The van der Waals surface area contributed by atoms with Crippen molar-refractivity contribution in [2.24, 2.45) is 5.29 Å². The number of hydrogen-bond donors (Lipinski definition) is 1. The molecule has 2 atom stereocenters. The van der Waals surface area contributed by atoms with Crippen LogP contribution < -0.4 is 5.32 Å². The lowest BCUT2D eigenvalue weighted by atomic mass is 9.99. The fraction of sp³-hybridized carbons (Fsp3) is 0.154. The first kappa shape index (κ1) is 21.2. The van der Waals surface area contributed by atoms with E-state index in [4.69, 9.17) is 0 Å². The molecule has 6 heteroatoms. The average molecular weight is 425 g/mol. The normalized spacial score (nSPS) is 12.8. The lowest BCUT2D eigenvalue weighted by Gasteiger charge is -2.23. The number of nitroso groups, excluding NO2 is 1. The van der Waals surface area contributed by atoms with Crippen LogP contribution in [0.1, 0.15) is 37.1 Å². The minimum atomic E-state index is -0.993. The van der Waals surface area contributed by atoms with Gasteiger partial charge >= 0.3 is 11.8 Å². The Balaban J connectivity index is 1.56. The van der Waals surface area contributed by atoms with Crippen LogP contribution in [0.4, 0.5) is 0 Å². The summed E-state index contributed by atoms with van der Waals surface area (Å²) in [6.07, 6.45) is 0. The number of carbonyl (C=O) groups is 2. The van der Waals surface area contributed by atoms with E-state index in [2.05, 4.69) is 10.6 Å². The summed E-state index contributed by atoms with van der Waals surface area (Å²) in [5.74, 6) is -1.87. The standard InChI is InChI=1S/C26H23N3O3/c1-17(21-15-7-11-19-9-3-5-13-23(19)21)27-25(30)26(31)29(28-32)18(2)22-16-8-12-20-10-4-6-14-24(20)22/h3-18H,1-2H3,(H,27,30). The van der Waals surface area contributed by atoms with Crippen molar-refractivity contribution in [3.05, 3.63) is 101 Å². The van der Waals surface area contributed by atoms with Crippen LogP contribution in [0.25, 0.3) is 21.5 Å². The highest BCUT2D eigenvalue weighted by Gasteiger charge is 2.30. The molecule has 160 valence electrons. The number of hydrogen-bond acceptors (Lipinski definition) is 4. The van der Waals surface area contributed by atoms with Gasteiger partial charge in [-0.2, -0.15) is 5.01 Å². The molecular weight excluding hydrogens is 402 g/mol. The predicted molar refractivity (Wildman–Crippen MR) is 126 cm³/mol. The van der Waals surface area contributed by atoms with Gasteiger partial charge < -0.3 is 5.32 Å². The maximum absolute atomic E-state index is 12.9. The Morgan fingerprint density at radius 3 is 1.84 bits per heavy atom. The van der Waals surface area contributed by atoms with E-state index in [0.717, 1.165) is 32.7 Å². The van der Waals surface area contributed by atoms with Gasteiger partial charge in [-0.1, -0.05) is 84.9 Å². The molecule has 4 rings (SSSR count). The Hall–Kier alpha value is -4.06. The molecule has 2 amide bonds. The van der Waals surface area contributed by atoms with Gasteiger partial charge in [0.05, 0.1) is 17.4 Å². The zero-order valence-electron chi connectivity index (χ0n) is 17.9. The van der Waals surface area contributed by atoms with E-state index in [1.54, 1.807) is 13.8 Å². The van der Waals surface area contributed by atoms with Gasteiger partial charge in [0.2, 0.25) is 0 Å². The minimum absolute atomic E-state index is 0.432. The molecule has 32 heavy (non-hydrogen) atoms. The van der Waals surface area contributed by atoms with Crippen LogP contribution in [0, 0.1) is 4.91 Å². The minimum Gasteiger partial charge on any atom is -0.341 e. The third kappa shape index (κ3) is 3.95. The van der Waals surface area contributed by atoms with Crippen molar-refractivity contribution >= 4 is 33.4 Å². The fourth-order valence-corrected chi connectivity index (χ4v) is 4.10. The van der Waals surface area contributed by atoms with Gasteiger partial charge in [-0.05, 0) is 46.5 Å². The molecule has 0 aliphatic carbocycles. The second-order valence-electron chi connectivity index (χ2n) is 7.74. The van der Waals surface area contributed by atoms with Crippen LogP contribution in [0.5, 0.6) is 0 Å². The van der Waals surface area contributed by atoms with E-state index in [0.29, 0.717) is 5.01 Å². The van der Waals surface area contributed by atoms with E-state index in [1.165, 1.54) is 0 Å². The number of rotatable bonds is 5. The fourth-order valence-electron chi connectivity index (χ4n) is 4.10. The van der Waals surface area contributed by atoms with Gasteiger partial charge in [0.25, 0.3) is 0 Å². The largest absolute Gasteiger partial charge is 0.341 e. The first-order chi connectivity index (χ1) is 15.5. The van der Waals surface area contributed by atoms with Crippen molar-refractivity contribution in [1.29, 1.82) is 0 Å². The van der Waals surface area contributed by atoms with Gasteiger partial charge in [-0.25, -0.2) is 0 Å². The molecule has 0 aliphatic heterocycles. The highest BCUT2D eigenvalue weighted by molar-refractivity contribution is 6.35. The number of nitrogens with zero attached hydrogens (tertiary/aromatic N) is 2. The van der Waals surface area contributed by atoms with E-state index in [9.17, 15) is 14.5 Å². The molecule has 4 aromatic rings. The van der Waals surface area contributed by atoms with Gasteiger partial charge in [0.1, 0.15) is 0 Å². The lowest BCUT2D eigenvalue weighted by molar-refractivity contribution is -0.147. The summed E-state index contributed by atoms with van der Waals surface area (Å²) in [5.41, 5.74) is 1.63. The van der Waals surface area contributed by atoms with E-state index < -0.39 is 23.9 Å². The van der Waals surface area contributed by atoms with Crippen LogP contribution in [0.3, 0.4) is 0 Å². The summed E-state index contributed by atoms with van der Waals surface area (Å²) < 4.78 is 0. The van der Waals surface area contributed by atoms with E-state index in [-0.39, 0.29) is 0 Å².